The van der Waals surface area contributed by atoms with Crippen molar-refractivity contribution in [3.05, 3.63) is 78.1 Å². The number of nitrogens with zero attached hydrogens (tertiary/aromatic N) is 5. The second-order valence-electron chi connectivity index (χ2n) is 6.34. The highest BCUT2D eigenvalue weighted by Crippen LogP contribution is 2.15. The number of carbonyl (C=O) groups is 2. The van der Waals surface area contributed by atoms with Gasteiger partial charge < -0.3 is 9.64 Å². The molecule has 3 rings (SSSR count). The summed E-state index contributed by atoms with van der Waals surface area (Å²) in [6, 6.07) is 18.3. The lowest BCUT2D eigenvalue weighted by molar-refractivity contribution is -0.155. The van der Waals surface area contributed by atoms with Gasteiger partial charge in [-0.05, 0) is 21.6 Å². The van der Waals surface area contributed by atoms with E-state index in [0.717, 1.165) is 11.1 Å². The number of benzene rings is 2. The Morgan fingerprint density at radius 2 is 1.68 bits per heavy atom. The Bertz CT molecular complexity index is 885. The van der Waals surface area contributed by atoms with E-state index in [9.17, 15) is 9.59 Å². The van der Waals surface area contributed by atoms with Crippen LogP contribution in [0.3, 0.4) is 0 Å². The molecule has 0 fully saturated rings. The number of amides is 1. The van der Waals surface area contributed by atoms with Gasteiger partial charge in [0.2, 0.25) is 0 Å². The Morgan fingerprint density at radius 1 is 1.04 bits per heavy atom. The summed E-state index contributed by atoms with van der Waals surface area (Å²) in [6.07, 6.45) is 1.72. The number of ether oxygens (including phenoxy) is 1. The van der Waals surface area contributed by atoms with Crippen molar-refractivity contribution in [1.82, 2.24) is 25.1 Å². The van der Waals surface area contributed by atoms with E-state index in [1.165, 1.54) is 15.9 Å². The molecular formula is C20H21N5O3. The molecule has 2 aromatic carbocycles. The lowest BCUT2D eigenvalue weighted by atomic mass is 10.1. The third-order valence-corrected chi connectivity index (χ3v) is 4.25. The van der Waals surface area contributed by atoms with E-state index < -0.39 is 12.0 Å². The molecular weight excluding hydrogens is 358 g/mol. The van der Waals surface area contributed by atoms with Crippen LogP contribution in [0.1, 0.15) is 17.2 Å². The molecule has 0 radical (unpaired) electrons. The van der Waals surface area contributed by atoms with Gasteiger partial charge in [0.15, 0.2) is 12.6 Å². The molecule has 8 nitrogen and oxygen atoms in total. The van der Waals surface area contributed by atoms with E-state index in [0.29, 0.717) is 13.0 Å². The van der Waals surface area contributed by atoms with Crippen molar-refractivity contribution in [2.45, 2.75) is 19.0 Å². The molecule has 0 aliphatic rings. The molecule has 0 aliphatic carbocycles. The summed E-state index contributed by atoms with van der Waals surface area (Å²) in [5.41, 5.74) is 1.94. The largest absolute Gasteiger partial charge is 0.454 e. The highest BCUT2D eigenvalue weighted by Gasteiger charge is 2.25. The van der Waals surface area contributed by atoms with Gasteiger partial charge in [0.25, 0.3) is 5.91 Å². The smallest absolute Gasteiger partial charge is 0.331 e. The summed E-state index contributed by atoms with van der Waals surface area (Å²) in [7, 11) is 1.67. The van der Waals surface area contributed by atoms with Crippen LogP contribution < -0.4 is 0 Å². The van der Waals surface area contributed by atoms with Gasteiger partial charge >= 0.3 is 5.97 Å². The molecule has 28 heavy (non-hydrogen) atoms. The zero-order valence-corrected chi connectivity index (χ0v) is 15.5. The third kappa shape index (κ3) is 5.23. The maximum atomic E-state index is 12.6. The average Bonchev–Trinajstić information content (AvgIpc) is 3.26. The van der Waals surface area contributed by atoms with Gasteiger partial charge in [0.1, 0.15) is 6.33 Å². The fourth-order valence-electron chi connectivity index (χ4n) is 2.72. The fraction of sp³-hybridized carbons (Fsp3) is 0.250. The summed E-state index contributed by atoms with van der Waals surface area (Å²) in [5, 5.41) is 11.0. The van der Waals surface area contributed by atoms with Gasteiger partial charge in [-0.2, -0.15) is 0 Å². The first-order valence-corrected chi connectivity index (χ1v) is 8.84. The number of likely N-dealkylation sites (N-methyl/N-ethyl adjacent to an activating group) is 1. The van der Waals surface area contributed by atoms with Crippen molar-refractivity contribution < 1.29 is 14.3 Å². The lowest BCUT2D eigenvalue weighted by Crippen LogP contribution is -2.33. The van der Waals surface area contributed by atoms with Gasteiger partial charge in [-0.1, -0.05) is 60.7 Å². The molecule has 0 unspecified atom stereocenters. The number of rotatable bonds is 8. The molecule has 0 N–H and O–H groups in total. The molecule has 144 valence electrons. The minimum Gasteiger partial charge on any atom is -0.454 e. The highest BCUT2D eigenvalue weighted by atomic mass is 16.5. The number of aromatic nitrogens is 4. The van der Waals surface area contributed by atoms with E-state index in [2.05, 4.69) is 15.5 Å². The van der Waals surface area contributed by atoms with Gasteiger partial charge in [0, 0.05) is 20.0 Å². The molecule has 0 bridgehead atoms. The molecule has 1 atom stereocenters. The molecule has 0 saturated carbocycles. The number of hydrogen-bond donors (Lipinski definition) is 0. The monoisotopic (exact) mass is 379 g/mol. The van der Waals surface area contributed by atoms with Crippen LogP contribution in [0.15, 0.2) is 67.0 Å². The number of tetrazole rings is 1. The fourth-order valence-corrected chi connectivity index (χ4v) is 2.72. The number of carbonyl (C=O) groups excluding carboxylic acids is 2. The van der Waals surface area contributed by atoms with Crippen LogP contribution in [0, 0.1) is 0 Å². The first kappa shape index (κ1) is 19.2. The van der Waals surface area contributed by atoms with Crippen molar-refractivity contribution in [3.8, 4) is 0 Å². The standard InChI is InChI=1S/C20H21N5O3/c1-24(13-17-10-6-3-7-11-17)19(26)14-28-20(27)18(25-15-21-22-23-25)12-16-8-4-2-5-9-16/h2-11,15,18H,12-14H2,1H3/t18-/m0/s1. The summed E-state index contributed by atoms with van der Waals surface area (Å²) < 4.78 is 6.62. The average molecular weight is 379 g/mol. The lowest BCUT2D eigenvalue weighted by Gasteiger charge is -2.19. The highest BCUT2D eigenvalue weighted by molar-refractivity contribution is 5.81. The Labute approximate surface area is 162 Å². The maximum Gasteiger partial charge on any atom is 0.331 e. The summed E-state index contributed by atoms with van der Waals surface area (Å²) >= 11 is 0. The molecule has 3 aromatic rings. The van der Waals surface area contributed by atoms with Crippen molar-refractivity contribution in [2.75, 3.05) is 13.7 Å². The van der Waals surface area contributed by atoms with E-state index in [1.807, 2.05) is 60.7 Å². The van der Waals surface area contributed by atoms with Crippen LogP contribution in [0.2, 0.25) is 0 Å². The molecule has 0 spiro atoms. The zero-order chi connectivity index (χ0) is 19.8. The molecule has 0 saturated heterocycles. The van der Waals surface area contributed by atoms with Gasteiger partial charge in [0.05, 0.1) is 0 Å². The summed E-state index contributed by atoms with van der Waals surface area (Å²) in [5.74, 6) is -0.843. The van der Waals surface area contributed by atoms with Gasteiger partial charge in [-0.15, -0.1) is 5.10 Å². The second-order valence-corrected chi connectivity index (χ2v) is 6.34. The number of hydrogen-bond acceptors (Lipinski definition) is 6. The van der Waals surface area contributed by atoms with E-state index in [-0.39, 0.29) is 12.5 Å². The maximum absolute atomic E-state index is 12.6. The Morgan fingerprint density at radius 3 is 2.29 bits per heavy atom. The van der Waals surface area contributed by atoms with Crippen molar-refractivity contribution in [2.24, 2.45) is 0 Å². The van der Waals surface area contributed by atoms with Gasteiger partial charge in [-0.25, -0.2) is 9.48 Å². The third-order valence-electron chi connectivity index (χ3n) is 4.25. The van der Waals surface area contributed by atoms with Crippen molar-refractivity contribution in [1.29, 1.82) is 0 Å². The molecule has 1 heterocycles. The van der Waals surface area contributed by atoms with E-state index in [1.54, 1.807) is 7.05 Å². The van der Waals surface area contributed by atoms with Crippen LogP contribution >= 0.6 is 0 Å². The van der Waals surface area contributed by atoms with Crippen molar-refractivity contribution in [3.63, 3.8) is 0 Å². The predicted octanol–water partition coefficient (Wildman–Crippen LogP) is 1.66. The first-order chi connectivity index (χ1) is 13.6. The van der Waals surface area contributed by atoms with Crippen molar-refractivity contribution >= 4 is 11.9 Å². The molecule has 1 amide bonds. The predicted molar refractivity (Wildman–Crippen MR) is 101 cm³/mol. The van der Waals surface area contributed by atoms with Crippen LogP contribution in [-0.2, 0) is 27.3 Å². The summed E-state index contributed by atoms with van der Waals surface area (Å²) in [4.78, 5) is 26.5. The van der Waals surface area contributed by atoms with E-state index >= 15 is 0 Å². The Balaban J connectivity index is 1.59. The van der Waals surface area contributed by atoms with E-state index in [4.69, 9.17) is 4.74 Å². The SMILES string of the molecule is CN(Cc1ccccc1)C(=O)COC(=O)[C@H](Cc1ccccc1)n1cnnn1. The normalized spacial score (nSPS) is 11.6. The molecule has 8 heteroatoms. The second kappa shape index (κ2) is 9.40. The van der Waals surface area contributed by atoms with Gasteiger partial charge in [-0.3, -0.25) is 4.79 Å². The van der Waals surface area contributed by atoms with Crippen LogP contribution in [-0.4, -0.2) is 50.6 Å². The summed E-state index contributed by atoms with van der Waals surface area (Å²) in [6.45, 7) is 0.104. The van der Waals surface area contributed by atoms with Crippen LogP contribution in [0.5, 0.6) is 0 Å². The Hall–Kier alpha value is -3.55. The molecule has 1 aromatic heterocycles. The van der Waals surface area contributed by atoms with Crippen LogP contribution in [0.4, 0.5) is 0 Å². The first-order valence-electron chi connectivity index (χ1n) is 8.84. The van der Waals surface area contributed by atoms with Crippen LogP contribution in [0.25, 0.3) is 0 Å². The zero-order valence-electron chi connectivity index (χ0n) is 15.5. The topological polar surface area (TPSA) is 90.2 Å². The minimum atomic E-state index is -0.746. The molecule has 0 aliphatic heterocycles. The number of esters is 1. The minimum absolute atomic E-state index is 0.285. The Kier molecular flexibility index (Phi) is 6.46. The quantitative estimate of drug-likeness (QED) is 0.553.